The Labute approximate surface area is 114 Å². The average molecular weight is 281 g/mol. The maximum atomic E-state index is 9.80. The first-order valence-corrected chi connectivity index (χ1v) is 7.27. The number of ether oxygens (including phenoxy) is 1. The molecule has 7 heteroatoms. The molecule has 2 aromatic heterocycles. The van der Waals surface area contributed by atoms with E-state index in [1.807, 2.05) is 16.9 Å². The monoisotopic (exact) mass is 281 g/mol. The Kier molecular flexibility index (Phi) is 3.44. The second kappa shape index (κ2) is 5.09. The van der Waals surface area contributed by atoms with Gasteiger partial charge in [0.25, 0.3) is 0 Å². The van der Waals surface area contributed by atoms with Gasteiger partial charge in [-0.3, -0.25) is 0 Å². The number of aromatic nitrogens is 3. The molecule has 3 atom stereocenters. The van der Waals surface area contributed by atoms with Gasteiger partial charge in [0.1, 0.15) is 22.9 Å². The first kappa shape index (κ1) is 12.9. The van der Waals surface area contributed by atoms with Gasteiger partial charge < -0.3 is 19.5 Å². The Morgan fingerprint density at radius 1 is 1.53 bits per heavy atom. The Balaban J connectivity index is 1.98. The van der Waals surface area contributed by atoms with Crippen molar-refractivity contribution in [1.29, 1.82) is 0 Å². The molecular formula is C12H15N3O3S. The van der Waals surface area contributed by atoms with Crippen LogP contribution in [-0.2, 0) is 4.74 Å². The molecule has 19 heavy (non-hydrogen) atoms. The highest BCUT2D eigenvalue weighted by Gasteiger charge is 2.35. The number of hydrogen-bond donors (Lipinski definition) is 2. The van der Waals surface area contributed by atoms with Gasteiger partial charge in [0.2, 0.25) is 0 Å². The molecular weight excluding hydrogens is 266 g/mol. The number of nitrogens with zero attached hydrogens (tertiary/aromatic N) is 3. The van der Waals surface area contributed by atoms with Crippen molar-refractivity contribution in [2.45, 2.75) is 29.9 Å². The van der Waals surface area contributed by atoms with Gasteiger partial charge in [-0.1, -0.05) is 0 Å². The fourth-order valence-corrected chi connectivity index (χ4v) is 2.88. The summed E-state index contributed by atoms with van der Waals surface area (Å²) in [5, 5.41) is 19.8. The molecule has 2 aromatic rings. The number of fused-ring (bicyclic) bond motifs is 1. The van der Waals surface area contributed by atoms with Crippen LogP contribution >= 0.6 is 11.8 Å². The predicted molar refractivity (Wildman–Crippen MR) is 70.9 cm³/mol. The molecule has 6 nitrogen and oxygen atoms in total. The lowest BCUT2D eigenvalue weighted by atomic mass is 10.2. The van der Waals surface area contributed by atoms with Crippen LogP contribution in [0.1, 0.15) is 12.6 Å². The molecule has 0 aromatic carbocycles. The summed E-state index contributed by atoms with van der Waals surface area (Å²) in [5.74, 6) is 0. The summed E-state index contributed by atoms with van der Waals surface area (Å²) in [6.07, 6.45) is 4.38. The standard InChI is InChI=1S/C12H15N3O3S/c1-19-12-11-7(2-3-13-12)15(6-14-11)10-4-8(17)9(5-16)18-10/h2-3,6,8-10,16-17H,4-5H2,1H3/t8-,9+,10+/m0/s1. The lowest BCUT2D eigenvalue weighted by Gasteiger charge is -2.14. The minimum absolute atomic E-state index is 0.179. The normalized spacial score (nSPS) is 27.2. The topological polar surface area (TPSA) is 80.4 Å². The van der Waals surface area contributed by atoms with E-state index in [2.05, 4.69) is 9.97 Å². The summed E-state index contributed by atoms with van der Waals surface area (Å²) in [6, 6.07) is 1.88. The molecule has 102 valence electrons. The zero-order valence-corrected chi connectivity index (χ0v) is 11.2. The van der Waals surface area contributed by atoms with E-state index in [9.17, 15) is 5.11 Å². The van der Waals surface area contributed by atoms with Crippen molar-refractivity contribution in [1.82, 2.24) is 14.5 Å². The molecule has 2 N–H and O–H groups in total. The Hall–Kier alpha value is -1.15. The fraction of sp³-hybridized carbons (Fsp3) is 0.500. The Bertz CT molecular complexity index is 589. The van der Waals surface area contributed by atoms with Gasteiger partial charge in [0, 0.05) is 12.6 Å². The highest BCUT2D eigenvalue weighted by Crippen LogP contribution is 2.32. The van der Waals surface area contributed by atoms with Crippen molar-refractivity contribution < 1.29 is 14.9 Å². The molecule has 3 rings (SSSR count). The first-order valence-electron chi connectivity index (χ1n) is 6.04. The highest BCUT2D eigenvalue weighted by atomic mass is 32.2. The number of aliphatic hydroxyl groups is 2. The fourth-order valence-electron chi connectivity index (χ4n) is 2.37. The van der Waals surface area contributed by atoms with Crippen molar-refractivity contribution >= 4 is 22.8 Å². The minimum Gasteiger partial charge on any atom is -0.394 e. The van der Waals surface area contributed by atoms with E-state index in [0.717, 1.165) is 16.1 Å². The van der Waals surface area contributed by atoms with Crippen LogP contribution in [0.4, 0.5) is 0 Å². The average Bonchev–Trinajstić information content (AvgIpc) is 3.01. The van der Waals surface area contributed by atoms with Crippen molar-refractivity contribution in [3.63, 3.8) is 0 Å². The third-order valence-electron chi connectivity index (χ3n) is 3.35. The molecule has 0 spiro atoms. The molecule has 0 aliphatic carbocycles. The van der Waals surface area contributed by atoms with E-state index < -0.39 is 12.2 Å². The summed E-state index contributed by atoms with van der Waals surface area (Å²) in [6.45, 7) is -0.179. The van der Waals surface area contributed by atoms with Gasteiger partial charge in [-0.25, -0.2) is 9.97 Å². The number of imidazole rings is 1. The summed E-state index contributed by atoms with van der Waals surface area (Å²) in [5.41, 5.74) is 1.76. The molecule has 0 saturated carbocycles. The summed E-state index contributed by atoms with van der Waals surface area (Å²) in [4.78, 5) is 8.63. The van der Waals surface area contributed by atoms with Crippen LogP contribution in [0.2, 0.25) is 0 Å². The lowest BCUT2D eigenvalue weighted by molar-refractivity contribution is -0.0430. The SMILES string of the molecule is CSc1nccc2c1ncn2[C@H]1C[C@H](O)[C@@H](CO)O1. The minimum atomic E-state index is -0.644. The van der Waals surface area contributed by atoms with E-state index in [4.69, 9.17) is 9.84 Å². The van der Waals surface area contributed by atoms with Gasteiger partial charge in [-0.2, -0.15) is 0 Å². The van der Waals surface area contributed by atoms with E-state index in [1.165, 1.54) is 0 Å². The molecule has 0 unspecified atom stereocenters. The number of thioether (sulfide) groups is 1. The second-order valence-corrected chi connectivity index (χ2v) is 5.25. The van der Waals surface area contributed by atoms with E-state index >= 15 is 0 Å². The third kappa shape index (κ3) is 2.12. The maximum absolute atomic E-state index is 9.80. The van der Waals surface area contributed by atoms with Crippen LogP contribution in [0.25, 0.3) is 11.0 Å². The van der Waals surface area contributed by atoms with Gasteiger partial charge >= 0.3 is 0 Å². The zero-order chi connectivity index (χ0) is 13.4. The van der Waals surface area contributed by atoms with Crippen LogP contribution in [0.3, 0.4) is 0 Å². The zero-order valence-electron chi connectivity index (χ0n) is 10.4. The van der Waals surface area contributed by atoms with Crippen molar-refractivity contribution in [2.24, 2.45) is 0 Å². The molecule has 0 bridgehead atoms. The molecule has 1 aliphatic heterocycles. The number of aliphatic hydroxyl groups excluding tert-OH is 2. The van der Waals surface area contributed by atoms with Crippen LogP contribution in [0.15, 0.2) is 23.6 Å². The third-order valence-corrected chi connectivity index (χ3v) is 4.03. The first-order chi connectivity index (χ1) is 9.24. The van der Waals surface area contributed by atoms with Gasteiger partial charge in [0.05, 0.1) is 24.6 Å². The van der Waals surface area contributed by atoms with E-state index in [-0.39, 0.29) is 12.8 Å². The molecule has 0 radical (unpaired) electrons. The maximum Gasteiger partial charge on any atom is 0.138 e. The van der Waals surface area contributed by atoms with Crippen LogP contribution in [0, 0.1) is 0 Å². The molecule has 3 heterocycles. The summed E-state index contributed by atoms with van der Waals surface area (Å²) in [7, 11) is 0. The van der Waals surface area contributed by atoms with Crippen LogP contribution in [0.5, 0.6) is 0 Å². The largest absolute Gasteiger partial charge is 0.394 e. The van der Waals surface area contributed by atoms with E-state index in [1.54, 1.807) is 24.3 Å². The van der Waals surface area contributed by atoms with Gasteiger partial charge in [-0.05, 0) is 12.3 Å². The molecule has 0 amide bonds. The number of pyridine rings is 1. The molecule has 1 aliphatic rings. The number of hydrogen-bond acceptors (Lipinski definition) is 6. The van der Waals surface area contributed by atoms with E-state index in [0.29, 0.717) is 6.42 Å². The quantitative estimate of drug-likeness (QED) is 0.810. The lowest BCUT2D eigenvalue weighted by Crippen LogP contribution is -2.24. The smallest absolute Gasteiger partial charge is 0.138 e. The highest BCUT2D eigenvalue weighted by molar-refractivity contribution is 7.98. The van der Waals surface area contributed by atoms with Gasteiger partial charge in [-0.15, -0.1) is 11.8 Å². The van der Waals surface area contributed by atoms with Crippen molar-refractivity contribution in [3.05, 3.63) is 18.6 Å². The van der Waals surface area contributed by atoms with Crippen molar-refractivity contribution in [2.75, 3.05) is 12.9 Å². The van der Waals surface area contributed by atoms with Crippen LogP contribution in [-0.4, -0.2) is 49.8 Å². The second-order valence-electron chi connectivity index (χ2n) is 4.45. The Morgan fingerprint density at radius 2 is 2.37 bits per heavy atom. The number of rotatable bonds is 3. The molecule has 1 fully saturated rings. The summed E-state index contributed by atoms with van der Waals surface area (Å²) >= 11 is 1.54. The Morgan fingerprint density at radius 3 is 3.05 bits per heavy atom. The molecule has 1 saturated heterocycles. The predicted octanol–water partition coefficient (Wildman–Crippen LogP) is 0.794. The van der Waals surface area contributed by atoms with Crippen LogP contribution < -0.4 is 0 Å². The van der Waals surface area contributed by atoms with Crippen molar-refractivity contribution in [3.8, 4) is 0 Å². The van der Waals surface area contributed by atoms with Gasteiger partial charge in [0.15, 0.2) is 0 Å². The summed E-state index contributed by atoms with van der Waals surface area (Å²) < 4.78 is 7.53.